The summed E-state index contributed by atoms with van der Waals surface area (Å²) in [5.74, 6) is 0. The number of H-pyrrole nitrogens is 1. The number of alkyl halides is 1. The molecule has 0 saturated carbocycles. The molecule has 1 aliphatic heterocycles. The van der Waals surface area contributed by atoms with Crippen LogP contribution in [0.1, 0.15) is 6.23 Å². The minimum Gasteiger partial charge on any atom is -0.456 e. The zero-order valence-corrected chi connectivity index (χ0v) is 12.7. The summed E-state index contributed by atoms with van der Waals surface area (Å²) in [5, 5.41) is 0. The molecule has 0 radical (unpaired) electrons. The number of carbonyl (C=O) groups is 1. The Morgan fingerprint density at radius 3 is 2.87 bits per heavy atom. The van der Waals surface area contributed by atoms with Gasteiger partial charge in [-0.15, -0.1) is 9.05 Å². The Labute approximate surface area is 129 Å². The van der Waals surface area contributed by atoms with Crippen LogP contribution in [0.3, 0.4) is 0 Å². The SMILES string of the molecule is CO[P+](=O)OC[C@H]1O[C@@H](n2ccc(=O)[nH]c2=O)[C@H](OC=O)[C@@H]1F. The highest BCUT2D eigenvalue weighted by molar-refractivity contribution is 7.33. The molecule has 1 saturated heterocycles. The zero-order valence-electron chi connectivity index (χ0n) is 11.8. The van der Waals surface area contributed by atoms with Gasteiger partial charge in [0.1, 0.15) is 12.7 Å². The maximum Gasteiger partial charge on any atom is 0.697 e. The molecule has 0 bridgehead atoms. The minimum absolute atomic E-state index is 0.0171. The van der Waals surface area contributed by atoms with Gasteiger partial charge in [0, 0.05) is 16.8 Å². The number of rotatable bonds is 7. The lowest BCUT2D eigenvalue weighted by Gasteiger charge is -2.19. The molecule has 0 spiro atoms. The molecule has 1 N–H and O–H groups in total. The number of nitrogens with zero attached hydrogens (tertiary/aromatic N) is 1. The monoisotopic (exact) mass is 351 g/mol. The second kappa shape index (κ2) is 7.55. The van der Waals surface area contributed by atoms with E-state index in [9.17, 15) is 23.3 Å². The van der Waals surface area contributed by atoms with Crippen molar-refractivity contribution in [1.82, 2.24) is 9.55 Å². The van der Waals surface area contributed by atoms with Crippen molar-refractivity contribution in [1.29, 1.82) is 0 Å². The maximum absolute atomic E-state index is 14.3. The first-order valence-electron chi connectivity index (χ1n) is 6.32. The standard InChI is InChI=1S/C11H12FN2O8P/c1-19-23(18)21-4-6-8(12)9(20-5-15)10(22-6)14-3-2-7(16)13-11(14)17/h2-3,5-6,8-10H,4H2,1H3/p+1/t6-,8-,9-,10-/m1/s1. The predicted molar refractivity (Wildman–Crippen MR) is 71.6 cm³/mol. The first-order chi connectivity index (χ1) is 11.0. The van der Waals surface area contributed by atoms with E-state index in [2.05, 4.69) is 9.26 Å². The van der Waals surface area contributed by atoms with Gasteiger partial charge >= 0.3 is 13.9 Å². The number of nitrogens with one attached hydrogen (secondary N) is 1. The van der Waals surface area contributed by atoms with Crippen LogP contribution in [0.4, 0.5) is 4.39 Å². The van der Waals surface area contributed by atoms with Crippen LogP contribution in [-0.4, -0.2) is 48.1 Å². The Morgan fingerprint density at radius 2 is 2.26 bits per heavy atom. The summed E-state index contributed by atoms with van der Waals surface area (Å²) >= 11 is 0. The van der Waals surface area contributed by atoms with Crippen LogP contribution in [-0.2, 0) is 27.9 Å². The lowest BCUT2D eigenvalue weighted by molar-refractivity contribution is -0.141. The topological polar surface area (TPSA) is 126 Å². The minimum atomic E-state index is -2.44. The average molecular weight is 351 g/mol. The summed E-state index contributed by atoms with van der Waals surface area (Å²) in [6.45, 7) is -0.430. The number of hydrogen-bond acceptors (Lipinski definition) is 8. The fourth-order valence-electron chi connectivity index (χ4n) is 2.08. The van der Waals surface area contributed by atoms with Crippen LogP contribution < -0.4 is 11.2 Å². The Bertz CT molecular complexity index is 691. The van der Waals surface area contributed by atoms with Crippen molar-refractivity contribution >= 4 is 14.7 Å². The number of ether oxygens (including phenoxy) is 2. The smallest absolute Gasteiger partial charge is 0.456 e. The molecule has 0 amide bonds. The fourth-order valence-corrected chi connectivity index (χ4v) is 2.45. The van der Waals surface area contributed by atoms with Gasteiger partial charge in [-0.05, 0) is 0 Å². The summed E-state index contributed by atoms with van der Waals surface area (Å²) in [5.41, 5.74) is -1.51. The van der Waals surface area contributed by atoms with Crippen molar-refractivity contribution in [2.24, 2.45) is 0 Å². The molecule has 0 aromatic carbocycles. The molecular formula is C11H13FN2O8P+. The number of carbonyl (C=O) groups excluding carboxylic acids is 1. The molecule has 1 aliphatic rings. The number of halogens is 1. The summed E-state index contributed by atoms with van der Waals surface area (Å²) in [7, 11) is -1.30. The molecule has 23 heavy (non-hydrogen) atoms. The van der Waals surface area contributed by atoms with Gasteiger partial charge in [-0.2, -0.15) is 0 Å². The number of aromatic nitrogens is 2. The van der Waals surface area contributed by atoms with E-state index in [-0.39, 0.29) is 6.47 Å². The molecule has 1 fully saturated rings. The van der Waals surface area contributed by atoms with E-state index in [4.69, 9.17) is 9.26 Å². The highest BCUT2D eigenvalue weighted by atomic mass is 31.1. The van der Waals surface area contributed by atoms with Crippen molar-refractivity contribution in [2.45, 2.75) is 24.6 Å². The van der Waals surface area contributed by atoms with Gasteiger partial charge < -0.3 is 9.47 Å². The van der Waals surface area contributed by atoms with Crippen molar-refractivity contribution < 1.29 is 32.3 Å². The fraction of sp³-hybridized carbons (Fsp3) is 0.545. The molecular weight excluding hydrogens is 338 g/mol. The van der Waals surface area contributed by atoms with E-state index in [0.29, 0.717) is 0 Å². The Morgan fingerprint density at radius 1 is 1.52 bits per heavy atom. The summed E-state index contributed by atoms with van der Waals surface area (Å²) in [4.78, 5) is 35.4. The lowest BCUT2D eigenvalue weighted by Crippen LogP contribution is -2.37. The van der Waals surface area contributed by atoms with E-state index in [1.165, 1.54) is 0 Å². The largest absolute Gasteiger partial charge is 0.697 e. The van der Waals surface area contributed by atoms with Gasteiger partial charge in [0.15, 0.2) is 18.5 Å². The van der Waals surface area contributed by atoms with Crippen molar-refractivity contribution in [3.8, 4) is 0 Å². The predicted octanol–water partition coefficient (Wildman–Crippen LogP) is -0.366. The Balaban J connectivity index is 2.23. The molecule has 1 unspecified atom stereocenters. The maximum atomic E-state index is 14.3. The van der Waals surface area contributed by atoms with E-state index < -0.39 is 50.7 Å². The quantitative estimate of drug-likeness (QED) is 0.521. The Kier molecular flexibility index (Phi) is 5.72. The van der Waals surface area contributed by atoms with Gasteiger partial charge in [-0.1, -0.05) is 0 Å². The molecule has 1 aromatic rings. The van der Waals surface area contributed by atoms with Gasteiger partial charge in [0.05, 0.1) is 7.11 Å². The van der Waals surface area contributed by atoms with Gasteiger partial charge in [0.2, 0.25) is 0 Å². The Hall–Kier alpha value is -1.94. The van der Waals surface area contributed by atoms with Crippen LogP contribution in [0, 0.1) is 0 Å². The summed E-state index contributed by atoms with van der Waals surface area (Å²) in [6, 6.07) is 1.03. The highest BCUT2D eigenvalue weighted by Gasteiger charge is 2.49. The van der Waals surface area contributed by atoms with Crippen LogP contribution in [0.5, 0.6) is 0 Å². The van der Waals surface area contributed by atoms with Crippen LogP contribution in [0.2, 0.25) is 0 Å². The zero-order chi connectivity index (χ0) is 17.0. The molecule has 2 rings (SSSR count). The van der Waals surface area contributed by atoms with Crippen molar-refractivity contribution in [3.63, 3.8) is 0 Å². The first-order valence-corrected chi connectivity index (χ1v) is 7.42. The van der Waals surface area contributed by atoms with Crippen molar-refractivity contribution in [2.75, 3.05) is 13.7 Å². The third-order valence-corrected chi connectivity index (χ3v) is 3.75. The van der Waals surface area contributed by atoms with Gasteiger partial charge in [-0.3, -0.25) is 19.1 Å². The lowest BCUT2D eigenvalue weighted by atomic mass is 10.1. The molecule has 2 heterocycles. The third kappa shape index (κ3) is 3.88. The van der Waals surface area contributed by atoms with E-state index in [0.717, 1.165) is 23.9 Å². The highest BCUT2D eigenvalue weighted by Crippen LogP contribution is 2.34. The first kappa shape index (κ1) is 17.4. The van der Waals surface area contributed by atoms with E-state index >= 15 is 0 Å². The van der Waals surface area contributed by atoms with Crippen LogP contribution in [0.25, 0.3) is 0 Å². The molecule has 5 atom stereocenters. The van der Waals surface area contributed by atoms with E-state index in [1.54, 1.807) is 0 Å². The molecule has 126 valence electrons. The molecule has 0 aliphatic carbocycles. The molecule has 1 aromatic heterocycles. The van der Waals surface area contributed by atoms with Crippen molar-refractivity contribution in [3.05, 3.63) is 33.1 Å². The molecule has 10 nitrogen and oxygen atoms in total. The van der Waals surface area contributed by atoms with Crippen LogP contribution >= 0.6 is 8.25 Å². The van der Waals surface area contributed by atoms with Gasteiger partial charge in [-0.25, -0.2) is 9.18 Å². The van der Waals surface area contributed by atoms with E-state index in [1.807, 2.05) is 4.98 Å². The second-order valence-electron chi connectivity index (χ2n) is 4.43. The normalized spacial score (nSPS) is 27.7. The summed E-state index contributed by atoms with van der Waals surface area (Å²) in [6.07, 6.45) is -4.76. The second-order valence-corrected chi connectivity index (χ2v) is 5.50. The third-order valence-electron chi connectivity index (χ3n) is 3.10. The summed E-state index contributed by atoms with van der Waals surface area (Å²) < 4.78 is 45.4. The molecule has 12 heteroatoms. The van der Waals surface area contributed by atoms with Gasteiger partial charge in [0.25, 0.3) is 12.0 Å². The average Bonchev–Trinajstić information content (AvgIpc) is 2.82. The van der Waals surface area contributed by atoms with Crippen LogP contribution in [0.15, 0.2) is 21.9 Å². The number of aromatic amines is 1. The number of hydrogen-bond donors (Lipinski definition) is 1.